The summed E-state index contributed by atoms with van der Waals surface area (Å²) in [5.74, 6) is 0.533. The van der Waals surface area contributed by atoms with Gasteiger partial charge in [0, 0.05) is 8.04 Å². The van der Waals surface area contributed by atoms with Crippen LogP contribution >= 0.6 is 38.5 Å². The fourth-order valence-corrected chi connectivity index (χ4v) is 1.86. The summed E-state index contributed by atoms with van der Waals surface area (Å²) in [4.78, 5) is 0. The third-order valence-electron chi connectivity index (χ3n) is 1.52. The van der Waals surface area contributed by atoms with Crippen LogP contribution in [0.3, 0.4) is 0 Å². The molecular weight excluding hydrogens is 347 g/mol. The van der Waals surface area contributed by atoms with Crippen LogP contribution in [0.5, 0.6) is 0 Å². The Labute approximate surface area is 96.8 Å². The summed E-state index contributed by atoms with van der Waals surface area (Å²) in [5.41, 5.74) is 0.921. The second-order valence-electron chi connectivity index (χ2n) is 2.37. The molecule has 1 aromatic heterocycles. The molecule has 0 fully saturated rings. The van der Waals surface area contributed by atoms with Gasteiger partial charge in [-0.25, -0.2) is 0 Å². The van der Waals surface area contributed by atoms with E-state index in [0.717, 1.165) is 13.6 Å². The first-order valence-electron chi connectivity index (χ1n) is 3.49. The van der Waals surface area contributed by atoms with E-state index < -0.39 is 0 Å². The lowest BCUT2D eigenvalue weighted by atomic mass is 10.2. The summed E-state index contributed by atoms with van der Waals surface area (Å²) >= 11 is 5.66. The van der Waals surface area contributed by atoms with E-state index in [1.54, 1.807) is 0 Å². The van der Waals surface area contributed by atoms with E-state index in [1.807, 2.05) is 18.2 Å². The van der Waals surface area contributed by atoms with Crippen molar-refractivity contribution in [2.45, 2.75) is 0 Å². The highest BCUT2D eigenvalue weighted by atomic mass is 127. The number of nitrogens with zero attached hydrogens (tertiary/aromatic N) is 2. The van der Waals surface area contributed by atoms with E-state index in [0.29, 0.717) is 5.89 Å². The van der Waals surface area contributed by atoms with Crippen LogP contribution in [0.1, 0.15) is 0 Å². The highest BCUT2D eigenvalue weighted by Gasteiger charge is 2.07. The lowest BCUT2D eigenvalue weighted by molar-refractivity contribution is 0.568. The molecule has 0 bridgehead atoms. The Hall–Kier alpha value is -0.430. The summed E-state index contributed by atoms with van der Waals surface area (Å²) < 4.78 is 7.19. The third-order valence-corrected chi connectivity index (χ3v) is 2.88. The second-order valence-corrected chi connectivity index (χ2v) is 4.47. The maximum atomic E-state index is 5.10. The monoisotopic (exact) mass is 350 g/mol. The van der Waals surface area contributed by atoms with Crippen LogP contribution in [-0.2, 0) is 0 Å². The van der Waals surface area contributed by atoms with Crippen LogP contribution in [-0.4, -0.2) is 10.2 Å². The first kappa shape index (κ1) is 9.14. The molecule has 0 saturated heterocycles. The summed E-state index contributed by atoms with van der Waals surface area (Å²) in [5, 5.41) is 7.47. The Morgan fingerprint density at radius 1 is 1.38 bits per heavy atom. The molecule has 0 saturated carbocycles. The minimum absolute atomic E-state index is 0.533. The molecule has 0 amide bonds. The van der Waals surface area contributed by atoms with Gasteiger partial charge in [0.2, 0.25) is 12.3 Å². The quantitative estimate of drug-likeness (QED) is 0.742. The molecule has 0 aliphatic carbocycles. The zero-order chi connectivity index (χ0) is 9.26. The second kappa shape index (κ2) is 3.75. The molecule has 1 heterocycles. The maximum absolute atomic E-state index is 5.10. The summed E-state index contributed by atoms with van der Waals surface area (Å²) in [6.45, 7) is 0. The molecule has 5 heteroatoms. The molecule has 0 spiro atoms. The lowest BCUT2D eigenvalue weighted by Gasteiger charge is -1.98. The SMILES string of the molecule is Brc1ccc(I)cc1-c1nnco1. The number of hydrogen-bond donors (Lipinski definition) is 0. The van der Waals surface area contributed by atoms with Crippen molar-refractivity contribution in [3.63, 3.8) is 0 Å². The zero-order valence-electron chi connectivity index (χ0n) is 6.37. The van der Waals surface area contributed by atoms with Crippen molar-refractivity contribution in [2.75, 3.05) is 0 Å². The third kappa shape index (κ3) is 1.91. The van der Waals surface area contributed by atoms with Crippen LogP contribution in [0.25, 0.3) is 11.5 Å². The Balaban J connectivity index is 2.57. The van der Waals surface area contributed by atoms with Crippen LogP contribution in [0, 0.1) is 3.57 Å². The van der Waals surface area contributed by atoms with Crippen molar-refractivity contribution in [3.8, 4) is 11.5 Å². The molecule has 0 N–H and O–H groups in total. The van der Waals surface area contributed by atoms with E-state index in [-0.39, 0.29) is 0 Å². The molecule has 3 nitrogen and oxygen atoms in total. The van der Waals surface area contributed by atoms with Crippen molar-refractivity contribution < 1.29 is 4.42 Å². The van der Waals surface area contributed by atoms with E-state index >= 15 is 0 Å². The molecular formula is C8H4BrIN2O. The maximum Gasteiger partial charge on any atom is 0.248 e. The Bertz CT molecular complexity index is 416. The van der Waals surface area contributed by atoms with Crippen molar-refractivity contribution >= 4 is 38.5 Å². The Kier molecular flexibility index (Phi) is 2.63. The zero-order valence-corrected chi connectivity index (χ0v) is 10.1. The van der Waals surface area contributed by atoms with Gasteiger partial charge >= 0.3 is 0 Å². The van der Waals surface area contributed by atoms with Gasteiger partial charge in [-0.15, -0.1) is 10.2 Å². The number of hydrogen-bond acceptors (Lipinski definition) is 3. The predicted octanol–water partition coefficient (Wildman–Crippen LogP) is 3.10. The van der Waals surface area contributed by atoms with Gasteiger partial charge in [0.15, 0.2) is 0 Å². The normalized spacial score (nSPS) is 10.3. The molecule has 0 aliphatic rings. The fraction of sp³-hybridized carbons (Fsp3) is 0. The molecule has 0 radical (unpaired) electrons. The first-order chi connectivity index (χ1) is 6.27. The van der Waals surface area contributed by atoms with Gasteiger partial charge in [-0.2, -0.15) is 0 Å². The summed E-state index contributed by atoms with van der Waals surface area (Å²) in [7, 11) is 0. The number of aromatic nitrogens is 2. The average Bonchev–Trinajstić information content (AvgIpc) is 2.61. The predicted molar refractivity (Wildman–Crippen MR) is 60.2 cm³/mol. The first-order valence-corrected chi connectivity index (χ1v) is 5.36. The summed E-state index contributed by atoms with van der Waals surface area (Å²) in [6.07, 6.45) is 1.32. The van der Waals surface area contributed by atoms with Gasteiger partial charge < -0.3 is 4.42 Å². The smallest absolute Gasteiger partial charge is 0.248 e. The average molecular weight is 351 g/mol. The van der Waals surface area contributed by atoms with Gasteiger partial charge in [-0.3, -0.25) is 0 Å². The van der Waals surface area contributed by atoms with E-state index in [9.17, 15) is 0 Å². The van der Waals surface area contributed by atoms with Gasteiger partial charge in [0.1, 0.15) is 0 Å². The highest BCUT2D eigenvalue weighted by molar-refractivity contribution is 14.1. The van der Waals surface area contributed by atoms with E-state index in [4.69, 9.17) is 4.42 Å². The van der Waals surface area contributed by atoms with Crippen molar-refractivity contribution in [2.24, 2.45) is 0 Å². The molecule has 2 aromatic rings. The standard InChI is InChI=1S/C8H4BrIN2O/c9-7-2-1-5(10)3-6(7)8-12-11-4-13-8/h1-4H. The van der Waals surface area contributed by atoms with Gasteiger partial charge in [0.05, 0.1) is 5.56 Å². The largest absolute Gasteiger partial charge is 0.423 e. The van der Waals surface area contributed by atoms with Crippen molar-refractivity contribution in [1.82, 2.24) is 10.2 Å². The number of halogens is 2. The van der Waals surface area contributed by atoms with Gasteiger partial charge in [-0.1, -0.05) is 0 Å². The minimum atomic E-state index is 0.533. The topological polar surface area (TPSA) is 38.9 Å². The van der Waals surface area contributed by atoms with Crippen molar-refractivity contribution in [1.29, 1.82) is 0 Å². The molecule has 0 atom stereocenters. The van der Waals surface area contributed by atoms with E-state index in [1.165, 1.54) is 6.39 Å². The molecule has 0 unspecified atom stereocenters. The Morgan fingerprint density at radius 3 is 2.92 bits per heavy atom. The van der Waals surface area contributed by atoms with Crippen LogP contribution in [0.15, 0.2) is 33.5 Å². The molecule has 13 heavy (non-hydrogen) atoms. The van der Waals surface area contributed by atoms with E-state index in [2.05, 4.69) is 48.7 Å². The minimum Gasteiger partial charge on any atom is -0.423 e. The molecule has 0 aliphatic heterocycles. The number of rotatable bonds is 1. The van der Waals surface area contributed by atoms with Crippen LogP contribution in [0.2, 0.25) is 0 Å². The van der Waals surface area contributed by atoms with Gasteiger partial charge in [-0.05, 0) is 56.7 Å². The molecule has 2 rings (SSSR count). The van der Waals surface area contributed by atoms with Crippen molar-refractivity contribution in [3.05, 3.63) is 32.6 Å². The van der Waals surface area contributed by atoms with Crippen LogP contribution in [0.4, 0.5) is 0 Å². The van der Waals surface area contributed by atoms with Crippen LogP contribution < -0.4 is 0 Å². The lowest BCUT2D eigenvalue weighted by Crippen LogP contribution is -1.81. The molecule has 66 valence electrons. The highest BCUT2D eigenvalue weighted by Crippen LogP contribution is 2.27. The fourth-order valence-electron chi connectivity index (χ4n) is 0.952. The summed E-state index contributed by atoms with van der Waals surface area (Å²) in [6, 6.07) is 5.95. The number of benzene rings is 1. The molecule has 1 aromatic carbocycles. The van der Waals surface area contributed by atoms with Gasteiger partial charge in [0.25, 0.3) is 0 Å². The Morgan fingerprint density at radius 2 is 2.23 bits per heavy atom.